The third kappa shape index (κ3) is 3.01. The zero-order chi connectivity index (χ0) is 19.8. The van der Waals surface area contributed by atoms with Crippen molar-refractivity contribution in [3.63, 3.8) is 0 Å². The number of aryl methyl sites for hydroxylation is 1. The minimum absolute atomic E-state index is 0.0720. The molecule has 5 aromatic rings. The van der Waals surface area contributed by atoms with Gasteiger partial charge in [0, 0.05) is 28.9 Å². The molecule has 0 radical (unpaired) electrons. The summed E-state index contributed by atoms with van der Waals surface area (Å²) in [4.78, 5) is 16.8. The van der Waals surface area contributed by atoms with Crippen molar-refractivity contribution in [1.82, 2.24) is 20.0 Å². The Hall–Kier alpha value is -3.73. The van der Waals surface area contributed by atoms with E-state index in [1.807, 2.05) is 54.6 Å². The number of nitrogens with one attached hydrogen (secondary N) is 1. The zero-order valence-corrected chi connectivity index (χ0v) is 16.0. The number of carbonyl (C=O) groups is 1. The minimum Gasteiger partial charge on any atom is -0.358 e. The number of carbonyl (C=O) groups excluding carboxylic acids is 1. The lowest BCUT2D eigenvalue weighted by Crippen LogP contribution is -2.17. The molecule has 0 aliphatic rings. The van der Waals surface area contributed by atoms with Crippen molar-refractivity contribution >= 4 is 27.8 Å². The van der Waals surface area contributed by atoms with Crippen LogP contribution in [-0.4, -0.2) is 25.9 Å². The Balaban J connectivity index is 1.62. The Morgan fingerprint density at radius 1 is 0.966 bits per heavy atom. The fourth-order valence-corrected chi connectivity index (χ4v) is 4.13. The van der Waals surface area contributed by atoms with Gasteiger partial charge < -0.3 is 4.98 Å². The van der Waals surface area contributed by atoms with Gasteiger partial charge in [-0.25, -0.2) is 0 Å². The Morgan fingerprint density at radius 2 is 1.69 bits per heavy atom. The molecule has 0 amide bonds. The maximum atomic E-state index is 13.3. The van der Waals surface area contributed by atoms with E-state index in [2.05, 4.69) is 46.5 Å². The van der Waals surface area contributed by atoms with Gasteiger partial charge in [0.1, 0.15) is 5.52 Å². The van der Waals surface area contributed by atoms with Crippen LogP contribution in [0.4, 0.5) is 0 Å². The van der Waals surface area contributed by atoms with Crippen molar-refractivity contribution in [2.24, 2.45) is 0 Å². The van der Waals surface area contributed by atoms with E-state index >= 15 is 0 Å². The Morgan fingerprint density at radius 3 is 2.55 bits per heavy atom. The molecule has 5 heteroatoms. The van der Waals surface area contributed by atoms with Gasteiger partial charge >= 0.3 is 0 Å². The predicted octanol–water partition coefficient (Wildman–Crippen LogP) is 5.08. The molecule has 0 spiro atoms. The van der Waals surface area contributed by atoms with Crippen LogP contribution >= 0.6 is 0 Å². The summed E-state index contributed by atoms with van der Waals surface area (Å²) in [6.45, 7) is 2.07. The number of rotatable bonds is 4. The molecule has 0 saturated heterocycles. The van der Waals surface area contributed by atoms with Crippen LogP contribution in [0, 0.1) is 6.92 Å². The second-order valence-electron chi connectivity index (χ2n) is 7.26. The molecule has 142 valence electrons. The molecule has 0 aliphatic carbocycles. The molecular formula is C24H20N4O. The van der Waals surface area contributed by atoms with Crippen LogP contribution in [0.25, 0.3) is 21.9 Å². The van der Waals surface area contributed by atoms with Gasteiger partial charge in [0.05, 0.1) is 5.52 Å². The number of H-pyrrole nitrogens is 1. The summed E-state index contributed by atoms with van der Waals surface area (Å²) in [5.41, 5.74) is 5.89. The first-order valence-corrected chi connectivity index (χ1v) is 9.68. The lowest BCUT2D eigenvalue weighted by molar-refractivity contribution is 0.0885. The number of fused-ring (bicyclic) bond motifs is 2. The zero-order valence-electron chi connectivity index (χ0n) is 16.0. The lowest BCUT2D eigenvalue weighted by Gasteiger charge is -2.18. The largest absolute Gasteiger partial charge is 0.358 e. The molecule has 1 atom stereocenters. The van der Waals surface area contributed by atoms with Gasteiger partial charge in [-0.3, -0.25) is 4.79 Å². The maximum Gasteiger partial charge on any atom is 0.249 e. The molecule has 2 heterocycles. The summed E-state index contributed by atoms with van der Waals surface area (Å²) in [6, 6.07) is 26.0. The number of aromatic nitrogens is 4. The van der Waals surface area contributed by atoms with Gasteiger partial charge in [0.25, 0.3) is 0 Å². The van der Waals surface area contributed by atoms with E-state index in [4.69, 9.17) is 0 Å². The van der Waals surface area contributed by atoms with E-state index in [1.165, 1.54) is 4.68 Å². The minimum atomic E-state index is -0.0807. The number of para-hydroxylation sites is 2. The number of hydrogen-bond donors (Lipinski definition) is 1. The average molecular weight is 380 g/mol. The molecular weight excluding hydrogens is 360 g/mol. The normalized spacial score (nSPS) is 12.4. The van der Waals surface area contributed by atoms with Crippen molar-refractivity contribution in [2.75, 3.05) is 0 Å². The molecule has 5 rings (SSSR count). The molecule has 3 aromatic carbocycles. The van der Waals surface area contributed by atoms with E-state index in [0.717, 1.165) is 38.8 Å². The molecule has 1 unspecified atom stereocenters. The number of nitrogens with zero attached hydrogens (tertiary/aromatic N) is 3. The molecule has 5 nitrogen and oxygen atoms in total. The molecule has 29 heavy (non-hydrogen) atoms. The third-order valence-electron chi connectivity index (χ3n) is 5.46. The van der Waals surface area contributed by atoms with Gasteiger partial charge in [-0.15, -0.1) is 5.10 Å². The summed E-state index contributed by atoms with van der Waals surface area (Å²) in [7, 11) is 0. The molecule has 2 aromatic heterocycles. The molecule has 0 bridgehead atoms. The van der Waals surface area contributed by atoms with Gasteiger partial charge in [-0.2, -0.15) is 4.68 Å². The Labute approximate surface area is 168 Å². The van der Waals surface area contributed by atoms with Crippen LogP contribution in [0.15, 0.2) is 78.9 Å². The molecule has 0 saturated carbocycles. The van der Waals surface area contributed by atoms with Crippen LogP contribution in [0.3, 0.4) is 0 Å². The monoisotopic (exact) mass is 380 g/mol. The highest BCUT2D eigenvalue weighted by atomic mass is 16.2. The van der Waals surface area contributed by atoms with E-state index in [-0.39, 0.29) is 11.8 Å². The third-order valence-corrected chi connectivity index (χ3v) is 5.46. The Kier molecular flexibility index (Phi) is 4.21. The highest BCUT2D eigenvalue weighted by molar-refractivity contribution is 5.91. The first kappa shape index (κ1) is 17.4. The van der Waals surface area contributed by atoms with E-state index < -0.39 is 0 Å². The maximum absolute atomic E-state index is 13.3. The van der Waals surface area contributed by atoms with Crippen LogP contribution in [0.1, 0.15) is 34.0 Å². The molecule has 0 aliphatic heterocycles. The van der Waals surface area contributed by atoms with Crippen molar-refractivity contribution in [3.05, 3.63) is 95.7 Å². The fraction of sp³-hybridized carbons (Fsp3) is 0.125. The van der Waals surface area contributed by atoms with Gasteiger partial charge in [0.15, 0.2) is 0 Å². The topological polar surface area (TPSA) is 63.6 Å². The average Bonchev–Trinajstić information content (AvgIpc) is 3.33. The van der Waals surface area contributed by atoms with Crippen LogP contribution in [-0.2, 0) is 0 Å². The molecule has 1 N–H and O–H groups in total. The van der Waals surface area contributed by atoms with Crippen molar-refractivity contribution in [1.29, 1.82) is 0 Å². The van der Waals surface area contributed by atoms with Gasteiger partial charge in [-0.1, -0.05) is 65.9 Å². The number of benzene rings is 3. The second kappa shape index (κ2) is 7.02. The lowest BCUT2D eigenvalue weighted by atomic mass is 9.86. The highest BCUT2D eigenvalue weighted by Gasteiger charge is 2.25. The summed E-state index contributed by atoms with van der Waals surface area (Å²) in [5.74, 6) is -0.153. The highest BCUT2D eigenvalue weighted by Crippen LogP contribution is 2.36. The fourth-order valence-electron chi connectivity index (χ4n) is 4.13. The van der Waals surface area contributed by atoms with E-state index in [0.29, 0.717) is 6.42 Å². The van der Waals surface area contributed by atoms with Crippen molar-refractivity contribution in [3.8, 4) is 0 Å². The summed E-state index contributed by atoms with van der Waals surface area (Å²) in [5, 5.41) is 9.40. The van der Waals surface area contributed by atoms with Crippen LogP contribution < -0.4 is 0 Å². The van der Waals surface area contributed by atoms with Crippen LogP contribution in [0.2, 0.25) is 0 Å². The molecule has 0 fully saturated rings. The van der Waals surface area contributed by atoms with Crippen LogP contribution in [0.5, 0.6) is 0 Å². The first-order valence-electron chi connectivity index (χ1n) is 9.68. The van der Waals surface area contributed by atoms with Gasteiger partial charge in [-0.05, 0) is 36.2 Å². The van der Waals surface area contributed by atoms with E-state index in [9.17, 15) is 4.79 Å². The predicted molar refractivity (Wildman–Crippen MR) is 114 cm³/mol. The van der Waals surface area contributed by atoms with E-state index in [1.54, 1.807) is 0 Å². The van der Waals surface area contributed by atoms with Crippen molar-refractivity contribution in [2.45, 2.75) is 19.3 Å². The van der Waals surface area contributed by atoms with Crippen molar-refractivity contribution < 1.29 is 4.79 Å². The quantitative estimate of drug-likeness (QED) is 0.473. The summed E-state index contributed by atoms with van der Waals surface area (Å²) < 4.78 is 1.43. The summed E-state index contributed by atoms with van der Waals surface area (Å²) >= 11 is 0. The Bertz CT molecular complexity index is 1320. The SMILES string of the molecule is Cc1[nH]c2ccccc2c1C(CC(=O)n1nnc2ccccc21)c1ccccc1. The second-order valence-corrected chi connectivity index (χ2v) is 7.26. The smallest absolute Gasteiger partial charge is 0.249 e. The van der Waals surface area contributed by atoms with Gasteiger partial charge in [0.2, 0.25) is 5.91 Å². The standard InChI is InChI=1S/C24H20N4O/c1-16-24(18-11-5-6-12-20(18)25-16)19(17-9-3-2-4-10-17)15-23(29)28-22-14-8-7-13-21(22)26-27-28/h2-14,19,25H,15H2,1H3. The first-order chi connectivity index (χ1) is 14.2. The summed E-state index contributed by atoms with van der Waals surface area (Å²) in [6.07, 6.45) is 0.306. The number of aromatic amines is 1. The number of hydrogen-bond acceptors (Lipinski definition) is 3.